The van der Waals surface area contributed by atoms with Crippen LogP contribution in [0.4, 0.5) is 0 Å². The van der Waals surface area contributed by atoms with E-state index >= 15 is 0 Å². The Balaban J connectivity index is 2.04. The van der Waals surface area contributed by atoms with Gasteiger partial charge in [-0.3, -0.25) is 0 Å². The van der Waals surface area contributed by atoms with Gasteiger partial charge in [0.1, 0.15) is 11.3 Å². The highest BCUT2D eigenvalue weighted by Gasteiger charge is 2.44. The number of carbonyl (C=O) groups excluding carboxylic acids is 1. The van der Waals surface area contributed by atoms with Gasteiger partial charge in [0.05, 0.1) is 16.0 Å². The molecule has 0 N–H and O–H groups in total. The van der Waals surface area contributed by atoms with Crippen molar-refractivity contribution in [3.05, 3.63) is 69.7 Å². The van der Waals surface area contributed by atoms with Gasteiger partial charge in [-0.05, 0) is 38.5 Å². The lowest BCUT2D eigenvalue weighted by Crippen LogP contribution is -2.36. The van der Waals surface area contributed by atoms with E-state index < -0.39 is 23.6 Å². The molecule has 4 nitrogen and oxygen atoms in total. The van der Waals surface area contributed by atoms with Crippen molar-refractivity contribution in [2.75, 3.05) is 0 Å². The van der Waals surface area contributed by atoms with E-state index in [0.29, 0.717) is 21.3 Å². The van der Waals surface area contributed by atoms with E-state index in [-0.39, 0.29) is 0 Å². The monoisotopic (exact) mass is 391 g/mol. The van der Waals surface area contributed by atoms with Gasteiger partial charge in [0, 0.05) is 5.56 Å². The minimum absolute atomic E-state index is 0.450. The number of nitrogens with zero attached hydrogens (tertiary/aromatic N) is 1. The summed E-state index contributed by atoms with van der Waals surface area (Å²) >= 11 is 12.7. The third-order valence-electron chi connectivity index (χ3n) is 3.88. The van der Waals surface area contributed by atoms with Crippen LogP contribution in [0, 0.1) is 0 Å². The maximum atomic E-state index is 12.7. The number of rotatable bonds is 3. The molecule has 1 aliphatic heterocycles. The molecule has 0 bridgehead atoms. The average Bonchev–Trinajstić information content (AvgIpc) is 2.99. The minimum Gasteiger partial charge on any atom is -0.457 e. The van der Waals surface area contributed by atoms with Gasteiger partial charge in [0.25, 0.3) is 0 Å². The van der Waals surface area contributed by atoms with E-state index in [1.54, 1.807) is 18.2 Å². The van der Waals surface area contributed by atoms with E-state index in [4.69, 9.17) is 32.8 Å². The van der Waals surface area contributed by atoms with Gasteiger partial charge in [-0.15, -0.1) is 0 Å². The summed E-state index contributed by atoms with van der Waals surface area (Å²) in [5.74, 6) is -0.947. The molecule has 1 heterocycles. The predicted molar refractivity (Wildman–Crippen MR) is 103 cm³/mol. The fourth-order valence-electron chi connectivity index (χ4n) is 2.85. The topological polar surface area (TPSA) is 47.9 Å². The third-order valence-corrected chi connectivity index (χ3v) is 4.51. The van der Waals surface area contributed by atoms with Crippen molar-refractivity contribution in [3.63, 3.8) is 0 Å². The maximum Gasteiger partial charge on any atom is 0.351 e. The van der Waals surface area contributed by atoms with Gasteiger partial charge < -0.3 is 9.57 Å². The molecule has 3 rings (SSSR count). The summed E-state index contributed by atoms with van der Waals surface area (Å²) in [6, 6.07) is 14.7. The molecule has 0 saturated carbocycles. The van der Waals surface area contributed by atoms with Crippen LogP contribution in [0.25, 0.3) is 0 Å². The number of esters is 1. The fourth-order valence-corrected chi connectivity index (χ4v) is 3.44. The Morgan fingerprint density at radius 2 is 1.65 bits per heavy atom. The number of oxime groups is 1. The predicted octanol–water partition coefficient (Wildman–Crippen LogP) is 5.22. The van der Waals surface area contributed by atoms with Crippen LogP contribution < -0.4 is 0 Å². The van der Waals surface area contributed by atoms with E-state index in [0.717, 1.165) is 5.56 Å². The quantitative estimate of drug-likeness (QED) is 0.673. The van der Waals surface area contributed by atoms with Crippen LogP contribution in [0.15, 0.2) is 53.7 Å². The summed E-state index contributed by atoms with van der Waals surface area (Å²) in [6.07, 6.45) is -0.904. The number of halogens is 2. The Hall–Kier alpha value is -2.04. The molecule has 0 saturated heterocycles. The lowest BCUT2D eigenvalue weighted by Gasteiger charge is -2.24. The van der Waals surface area contributed by atoms with Gasteiger partial charge >= 0.3 is 5.97 Å². The van der Waals surface area contributed by atoms with E-state index in [1.165, 1.54) is 0 Å². The summed E-state index contributed by atoms with van der Waals surface area (Å²) in [5.41, 5.74) is 1.32. The summed E-state index contributed by atoms with van der Waals surface area (Å²) in [4.78, 5) is 18.2. The van der Waals surface area contributed by atoms with Gasteiger partial charge in [-0.2, -0.15) is 0 Å². The van der Waals surface area contributed by atoms with Crippen molar-refractivity contribution in [1.29, 1.82) is 0 Å². The average molecular weight is 392 g/mol. The standard InChI is InChI=1S/C20H19Cl2NO3/c1-20(2,3)25-19(24)18-15(12-8-5-4-6-9-12)17(23-26-18)16-13(21)10-7-11-14(16)22/h4-11,15,18H,1-3H3/t15-,18-/m1/s1. The zero-order chi connectivity index (χ0) is 18.9. The first-order chi connectivity index (χ1) is 12.3. The molecule has 0 spiro atoms. The molecule has 2 atom stereocenters. The van der Waals surface area contributed by atoms with Crippen LogP contribution in [0.2, 0.25) is 10.0 Å². The van der Waals surface area contributed by atoms with Crippen LogP contribution in [0.5, 0.6) is 0 Å². The molecule has 0 amide bonds. The van der Waals surface area contributed by atoms with Crippen molar-refractivity contribution in [1.82, 2.24) is 0 Å². The maximum absolute atomic E-state index is 12.7. The molecule has 2 aromatic carbocycles. The molecule has 6 heteroatoms. The first-order valence-electron chi connectivity index (χ1n) is 8.24. The van der Waals surface area contributed by atoms with Crippen molar-refractivity contribution in [2.24, 2.45) is 5.16 Å². The lowest BCUT2D eigenvalue weighted by molar-refractivity contribution is -0.167. The Morgan fingerprint density at radius 1 is 1.04 bits per heavy atom. The normalized spacial score (nSPS) is 19.7. The van der Waals surface area contributed by atoms with Crippen molar-refractivity contribution >= 4 is 34.9 Å². The highest BCUT2D eigenvalue weighted by atomic mass is 35.5. The van der Waals surface area contributed by atoms with Gasteiger partial charge in [-0.1, -0.05) is 64.8 Å². The van der Waals surface area contributed by atoms with E-state index in [1.807, 2.05) is 51.1 Å². The van der Waals surface area contributed by atoms with Crippen molar-refractivity contribution < 1.29 is 14.4 Å². The third kappa shape index (κ3) is 3.87. The molecule has 0 fully saturated rings. The second-order valence-corrected chi connectivity index (χ2v) is 7.84. The second kappa shape index (κ2) is 7.29. The summed E-state index contributed by atoms with van der Waals surface area (Å²) in [5, 5.41) is 5.06. The summed E-state index contributed by atoms with van der Waals surface area (Å²) < 4.78 is 5.51. The Labute approximate surface area is 162 Å². The van der Waals surface area contributed by atoms with Crippen LogP contribution in [0.3, 0.4) is 0 Å². The lowest BCUT2D eigenvalue weighted by atomic mass is 9.86. The SMILES string of the molecule is CC(C)(C)OC(=O)[C@@H]1ON=C(c2c(Cl)cccc2Cl)[C@H]1c1ccccc1. The first kappa shape index (κ1) is 18.7. The van der Waals surface area contributed by atoms with E-state index in [2.05, 4.69) is 5.16 Å². The highest BCUT2D eigenvalue weighted by molar-refractivity contribution is 6.40. The number of hydrogen-bond acceptors (Lipinski definition) is 4. The zero-order valence-corrected chi connectivity index (χ0v) is 16.2. The Morgan fingerprint density at radius 3 is 2.23 bits per heavy atom. The van der Waals surface area contributed by atoms with E-state index in [9.17, 15) is 4.79 Å². The number of benzene rings is 2. The van der Waals surface area contributed by atoms with Crippen LogP contribution >= 0.6 is 23.2 Å². The second-order valence-electron chi connectivity index (χ2n) is 7.02. The highest BCUT2D eigenvalue weighted by Crippen LogP contribution is 2.38. The van der Waals surface area contributed by atoms with Gasteiger partial charge in [0.2, 0.25) is 6.10 Å². The molecule has 2 aromatic rings. The van der Waals surface area contributed by atoms with Crippen LogP contribution in [-0.4, -0.2) is 23.4 Å². The molecule has 0 radical (unpaired) electrons. The smallest absolute Gasteiger partial charge is 0.351 e. The number of ether oxygens (including phenoxy) is 1. The van der Waals surface area contributed by atoms with Gasteiger partial charge in [0.15, 0.2) is 0 Å². The molecular formula is C20H19Cl2NO3. The largest absolute Gasteiger partial charge is 0.457 e. The summed E-state index contributed by atoms with van der Waals surface area (Å²) in [6.45, 7) is 5.43. The van der Waals surface area contributed by atoms with Crippen LogP contribution in [0.1, 0.15) is 37.8 Å². The minimum atomic E-state index is -0.904. The summed E-state index contributed by atoms with van der Waals surface area (Å²) in [7, 11) is 0. The fraction of sp³-hybridized carbons (Fsp3) is 0.300. The molecule has 0 aromatic heterocycles. The first-order valence-corrected chi connectivity index (χ1v) is 8.99. The molecule has 0 aliphatic carbocycles. The zero-order valence-electron chi connectivity index (χ0n) is 14.7. The number of hydrogen-bond donors (Lipinski definition) is 0. The molecule has 1 aliphatic rings. The van der Waals surface area contributed by atoms with Crippen LogP contribution in [-0.2, 0) is 14.4 Å². The number of carbonyl (C=O) groups is 1. The van der Waals surface area contributed by atoms with Crippen molar-refractivity contribution in [2.45, 2.75) is 38.4 Å². The molecule has 136 valence electrons. The Bertz CT molecular complexity index is 824. The Kier molecular flexibility index (Phi) is 5.26. The van der Waals surface area contributed by atoms with Crippen molar-refractivity contribution in [3.8, 4) is 0 Å². The molecule has 0 unspecified atom stereocenters. The molecular weight excluding hydrogens is 373 g/mol. The van der Waals surface area contributed by atoms with Gasteiger partial charge in [-0.25, -0.2) is 4.79 Å². The molecule has 26 heavy (non-hydrogen) atoms.